The normalized spacial score (nSPS) is 18.5. The average Bonchev–Trinajstić information content (AvgIpc) is 3.32. The van der Waals surface area contributed by atoms with Crippen LogP contribution in [0.3, 0.4) is 0 Å². The summed E-state index contributed by atoms with van der Waals surface area (Å²) < 4.78 is 5.50. The standard InChI is InChI=1S/C27H28ClN5O2/c1-3-23(34)32-13-11-27(15-32)16-33(17-27)25-19-10-12-31(14-21(19)29-26(30-25)35-2)22-9-5-7-18-6-4-8-20(28)24(18)22/h3-9H,1,10-17H2,2H3. The summed E-state index contributed by atoms with van der Waals surface area (Å²) in [6.07, 6.45) is 3.28. The first kappa shape index (κ1) is 22.2. The van der Waals surface area contributed by atoms with Crippen molar-refractivity contribution in [3.8, 4) is 6.01 Å². The van der Waals surface area contributed by atoms with Crippen LogP contribution in [-0.2, 0) is 17.8 Å². The highest BCUT2D eigenvalue weighted by Crippen LogP contribution is 2.44. The van der Waals surface area contributed by atoms with Gasteiger partial charge >= 0.3 is 6.01 Å². The zero-order chi connectivity index (χ0) is 24.2. The van der Waals surface area contributed by atoms with Gasteiger partial charge < -0.3 is 19.4 Å². The van der Waals surface area contributed by atoms with Crippen LogP contribution in [0.1, 0.15) is 17.7 Å². The molecule has 0 unspecified atom stereocenters. The van der Waals surface area contributed by atoms with E-state index in [9.17, 15) is 4.79 Å². The Hall–Kier alpha value is -3.32. The molecule has 1 spiro atoms. The minimum absolute atomic E-state index is 0.0232. The van der Waals surface area contributed by atoms with Gasteiger partial charge in [-0.25, -0.2) is 0 Å². The number of benzene rings is 2. The first-order valence-corrected chi connectivity index (χ1v) is 12.4. The highest BCUT2D eigenvalue weighted by Gasteiger charge is 2.49. The number of aromatic nitrogens is 2. The topological polar surface area (TPSA) is 61.8 Å². The molecule has 6 rings (SSSR count). The molecule has 0 N–H and O–H groups in total. The van der Waals surface area contributed by atoms with Crippen LogP contribution < -0.4 is 14.5 Å². The monoisotopic (exact) mass is 489 g/mol. The maximum atomic E-state index is 12.1. The maximum absolute atomic E-state index is 12.1. The Labute approximate surface area is 210 Å². The quantitative estimate of drug-likeness (QED) is 0.515. The second-order valence-corrected chi connectivity index (χ2v) is 10.2. The molecule has 0 aliphatic carbocycles. The van der Waals surface area contributed by atoms with Crippen LogP contribution in [0.4, 0.5) is 11.5 Å². The number of carbonyl (C=O) groups is 1. The minimum atomic E-state index is 0.0232. The van der Waals surface area contributed by atoms with Crippen LogP contribution in [0.2, 0.25) is 5.02 Å². The second kappa shape index (κ2) is 8.41. The van der Waals surface area contributed by atoms with Crippen molar-refractivity contribution in [1.82, 2.24) is 14.9 Å². The van der Waals surface area contributed by atoms with E-state index in [4.69, 9.17) is 26.3 Å². The van der Waals surface area contributed by atoms with Crippen LogP contribution in [0, 0.1) is 5.41 Å². The van der Waals surface area contributed by atoms with Crippen LogP contribution in [0.15, 0.2) is 49.1 Å². The lowest BCUT2D eigenvalue weighted by atomic mass is 9.78. The molecule has 2 saturated heterocycles. The summed E-state index contributed by atoms with van der Waals surface area (Å²) in [5, 5.41) is 2.97. The van der Waals surface area contributed by atoms with Gasteiger partial charge in [0.15, 0.2) is 0 Å². The van der Waals surface area contributed by atoms with Crippen molar-refractivity contribution < 1.29 is 9.53 Å². The molecule has 8 heteroatoms. The molecule has 3 aliphatic heterocycles. The van der Waals surface area contributed by atoms with Crippen molar-refractivity contribution >= 4 is 39.8 Å². The van der Waals surface area contributed by atoms with Crippen LogP contribution in [-0.4, -0.2) is 60.6 Å². The molecule has 3 aromatic rings. The lowest BCUT2D eigenvalue weighted by molar-refractivity contribution is -0.125. The third kappa shape index (κ3) is 3.69. The van der Waals surface area contributed by atoms with Crippen molar-refractivity contribution in [2.75, 3.05) is 49.6 Å². The molecule has 0 radical (unpaired) electrons. The maximum Gasteiger partial charge on any atom is 0.318 e. The summed E-state index contributed by atoms with van der Waals surface area (Å²) in [5.74, 6) is 0.997. The number of fused-ring (bicyclic) bond motifs is 2. The fourth-order valence-electron chi connectivity index (χ4n) is 5.91. The number of ether oxygens (including phenoxy) is 1. The van der Waals surface area contributed by atoms with Crippen LogP contribution >= 0.6 is 11.6 Å². The molecular weight excluding hydrogens is 462 g/mol. The van der Waals surface area contributed by atoms with Gasteiger partial charge in [0.1, 0.15) is 5.82 Å². The summed E-state index contributed by atoms with van der Waals surface area (Å²) in [5.41, 5.74) is 3.46. The second-order valence-electron chi connectivity index (χ2n) is 9.82. The fourth-order valence-corrected chi connectivity index (χ4v) is 6.19. The van der Waals surface area contributed by atoms with Crippen molar-refractivity contribution in [3.05, 3.63) is 65.3 Å². The Morgan fingerprint density at radius 3 is 2.69 bits per heavy atom. The van der Waals surface area contributed by atoms with Gasteiger partial charge in [0.2, 0.25) is 5.91 Å². The molecule has 7 nitrogen and oxygen atoms in total. The average molecular weight is 490 g/mol. The molecule has 35 heavy (non-hydrogen) atoms. The van der Waals surface area contributed by atoms with Gasteiger partial charge in [-0.2, -0.15) is 9.97 Å². The molecule has 1 aromatic heterocycles. The predicted octanol–water partition coefficient (Wildman–Crippen LogP) is 4.08. The Balaban J connectivity index is 1.28. The number of hydrogen-bond acceptors (Lipinski definition) is 6. The van der Waals surface area contributed by atoms with Crippen molar-refractivity contribution in [2.45, 2.75) is 19.4 Å². The smallest absolute Gasteiger partial charge is 0.318 e. The van der Waals surface area contributed by atoms with E-state index in [-0.39, 0.29) is 11.3 Å². The third-order valence-electron chi connectivity index (χ3n) is 7.65. The molecule has 3 aliphatic rings. The molecule has 1 amide bonds. The molecule has 0 atom stereocenters. The number of hydrogen-bond donors (Lipinski definition) is 0. The molecule has 0 saturated carbocycles. The number of methoxy groups -OCH3 is 1. The number of halogens is 1. The zero-order valence-corrected chi connectivity index (χ0v) is 20.6. The lowest BCUT2D eigenvalue weighted by Gasteiger charge is -2.49. The van der Waals surface area contributed by atoms with Gasteiger partial charge in [0, 0.05) is 54.8 Å². The first-order valence-electron chi connectivity index (χ1n) is 12.0. The number of carbonyl (C=O) groups excluding carboxylic acids is 1. The third-order valence-corrected chi connectivity index (χ3v) is 7.97. The minimum Gasteiger partial charge on any atom is -0.467 e. The van der Waals surface area contributed by atoms with E-state index in [2.05, 4.69) is 40.6 Å². The van der Waals surface area contributed by atoms with E-state index >= 15 is 0 Å². The van der Waals surface area contributed by atoms with Crippen molar-refractivity contribution in [2.24, 2.45) is 5.41 Å². The number of rotatable bonds is 4. The highest BCUT2D eigenvalue weighted by atomic mass is 35.5. The summed E-state index contributed by atoms with van der Waals surface area (Å²) in [6, 6.07) is 12.7. The summed E-state index contributed by atoms with van der Waals surface area (Å²) in [4.78, 5) is 28.2. The first-order chi connectivity index (χ1) is 17.0. The zero-order valence-electron chi connectivity index (χ0n) is 19.8. The van der Waals surface area contributed by atoms with E-state index in [1.165, 1.54) is 11.6 Å². The van der Waals surface area contributed by atoms with Crippen molar-refractivity contribution in [3.63, 3.8) is 0 Å². The van der Waals surface area contributed by atoms with Gasteiger partial charge in [-0.15, -0.1) is 0 Å². The van der Waals surface area contributed by atoms with Crippen molar-refractivity contribution in [1.29, 1.82) is 0 Å². The number of amides is 1. The Kier molecular flexibility index (Phi) is 5.33. The largest absolute Gasteiger partial charge is 0.467 e. The molecule has 2 fully saturated rings. The van der Waals surface area contributed by atoms with Gasteiger partial charge in [-0.1, -0.05) is 42.4 Å². The Morgan fingerprint density at radius 2 is 1.91 bits per heavy atom. The number of nitrogens with zero attached hydrogens (tertiary/aromatic N) is 5. The predicted molar refractivity (Wildman–Crippen MR) is 138 cm³/mol. The van der Waals surface area contributed by atoms with E-state index in [1.807, 2.05) is 17.0 Å². The van der Waals surface area contributed by atoms with Crippen LogP contribution in [0.25, 0.3) is 10.8 Å². The SMILES string of the molecule is C=CC(=O)N1CCC2(C1)CN(c1nc(OC)nc3c1CCN(c1cccc4cccc(Cl)c14)C3)C2. The van der Waals surface area contributed by atoms with Gasteiger partial charge in [0.05, 0.1) is 24.4 Å². The molecular formula is C27H28ClN5O2. The van der Waals surface area contributed by atoms with Gasteiger partial charge in [-0.3, -0.25) is 4.79 Å². The highest BCUT2D eigenvalue weighted by molar-refractivity contribution is 6.36. The molecule has 180 valence electrons. The molecule has 2 aromatic carbocycles. The van der Waals surface area contributed by atoms with E-state index < -0.39 is 0 Å². The van der Waals surface area contributed by atoms with E-state index in [1.54, 1.807) is 7.11 Å². The Morgan fingerprint density at radius 1 is 1.11 bits per heavy atom. The summed E-state index contributed by atoms with van der Waals surface area (Å²) in [7, 11) is 1.61. The van der Waals surface area contributed by atoms with Crippen LogP contribution in [0.5, 0.6) is 6.01 Å². The molecule has 4 heterocycles. The summed E-state index contributed by atoms with van der Waals surface area (Å²) >= 11 is 6.61. The van der Waals surface area contributed by atoms with Gasteiger partial charge in [-0.05, 0) is 36.4 Å². The molecule has 0 bridgehead atoms. The number of likely N-dealkylation sites (tertiary alicyclic amines) is 1. The Bertz CT molecular complexity index is 1330. The van der Waals surface area contributed by atoms with E-state index in [0.29, 0.717) is 12.6 Å². The lowest BCUT2D eigenvalue weighted by Crippen LogP contribution is -2.58. The fraction of sp³-hybridized carbons (Fsp3) is 0.370. The number of anilines is 2. The summed E-state index contributed by atoms with van der Waals surface area (Å²) in [6.45, 7) is 8.54. The van der Waals surface area contributed by atoms with E-state index in [0.717, 1.165) is 78.6 Å². The van der Waals surface area contributed by atoms with Gasteiger partial charge in [0.25, 0.3) is 0 Å².